The van der Waals surface area contributed by atoms with Crippen LogP contribution >= 0.6 is 0 Å². The smallest absolute Gasteiger partial charge is 0.417 e. The average Bonchev–Trinajstić information content (AvgIpc) is 3.36. The number of aromatic nitrogens is 1. The van der Waals surface area contributed by atoms with Gasteiger partial charge in [-0.05, 0) is 18.6 Å². The Hall–Kier alpha value is -1.99. The van der Waals surface area contributed by atoms with E-state index >= 15 is 0 Å². The Labute approximate surface area is 224 Å². The van der Waals surface area contributed by atoms with Crippen LogP contribution < -0.4 is 0 Å². The van der Waals surface area contributed by atoms with Gasteiger partial charge in [-0.25, -0.2) is 9.69 Å². The molecule has 2 rings (SSSR count). The maximum Gasteiger partial charge on any atom is 0.417 e. The van der Waals surface area contributed by atoms with Crippen molar-refractivity contribution in [1.29, 1.82) is 0 Å². The van der Waals surface area contributed by atoms with E-state index in [2.05, 4.69) is 11.9 Å². The van der Waals surface area contributed by atoms with E-state index in [0.29, 0.717) is 12.3 Å². The summed E-state index contributed by atoms with van der Waals surface area (Å²) in [4.78, 5) is 29.5. The molecule has 37 heavy (non-hydrogen) atoms. The number of nitrogens with zero attached hydrogens (tertiary/aromatic N) is 2. The summed E-state index contributed by atoms with van der Waals surface area (Å²) in [6, 6.07) is 5.35. The van der Waals surface area contributed by atoms with Crippen LogP contribution in [-0.2, 0) is 25.5 Å². The fraction of sp³-hybridized carbons (Fsp3) is 0.767. The quantitative estimate of drug-likeness (QED) is 0.166. The molecule has 1 saturated heterocycles. The minimum absolute atomic E-state index is 0.0276. The van der Waals surface area contributed by atoms with Crippen molar-refractivity contribution in [2.75, 3.05) is 13.2 Å². The molecule has 2 heterocycles. The van der Waals surface area contributed by atoms with Crippen molar-refractivity contribution in [3.8, 4) is 0 Å². The summed E-state index contributed by atoms with van der Waals surface area (Å²) in [5.74, 6) is -0.394. The minimum Gasteiger partial charge on any atom is -0.444 e. The van der Waals surface area contributed by atoms with Gasteiger partial charge < -0.3 is 14.2 Å². The van der Waals surface area contributed by atoms with E-state index < -0.39 is 18.3 Å². The lowest BCUT2D eigenvalue weighted by molar-refractivity contribution is -0.129. The molecule has 0 bridgehead atoms. The molecule has 1 aliphatic heterocycles. The highest BCUT2D eigenvalue weighted by atomic mass is 16.7. The number of hydrogen-bond donors (Lipinski definition) is 0. The van der Waals surface area contributed by atoms with Gasteiger partial charge in [-0.1, -0.05) is 109 Å². The van der Waals surface area contributed by atoms with E-state index in [4.69, 9.17) is 14.2 Å². The molecule has 0 spiro atoms. The number of amides is 2. The van der Waals surface area contributed by atoms with Crippen molar-refractivity contribution in [3.63, 3.8) is 0 Å². The molecule has 1 fully saturated rings. The second kappa shape index (κ2) is 20.0. The maximum absolute atomic E-state index is 12.4. The van der Waals surface area contributed by atoms with Gasteiger partial charge in [0.2, 0.25) is 5.91 Å². The van der Waals surface area contributed by atoms with Crippen LogP contribution in [0.5, 0.6) is 0 Å². The standard InChI is InChI=1S/C30H50N2O5/c1-3-4-5-6-7-8-9-10-11-12-13-14-15-16-17-21-28-24-35-29(37-28)25-36-30(34)32(26(2)33)23-27-20-18-19-22-31-27/h18-20,22,28-29H,3-17,21,23-25H2,1-2H3. The summed E-state index contributed by atoms with van der Waals surface area (Å²) in [6.07, 6.45) is 21.6. The van der Waals surface area contributed by atoms with E-state index in [9.17, 15) is 9.59 Å². The van der Waals surface area contributed by atoms with Gasteiger partial charge in [-0.15, -0.1) is 0 Å². The lowest BCUT2D eigenvalue weighted by Gasteiger charge is -2.19. The number of imide groups is 1. The normalized spacial score (nSPS) is 17.1. The maximum atomic E-state index is 12.4. The number of rotatable bonds is 20. The average molecular weight is 519 g/mol. The zero-order valence-corrected chi connectivity index (χ0v) is 23.3. The molecule has 7 heteroatoms. The number of pyridine rings is 1. The van der Waals surface area contributed by atoms with Crippen molar-refractivity contribution in [1.82, 2.24) is 9.88 Å². The molecule has 2 unspecified atom stereocenters. The Bertz CT molecular complexity index is 730. The van der Waals surface area contributed by atoms with Crippen LogP contribution in [0.1, 0.15) is 122 Å². The zero-order chi connectivity index (χ0) is 26.6. The molecule has 0 N–H and O–H groups in total. The highest BCUT2D eigenvalue weighted by Crippen LogP contribution is 2.19. The first-order chi connectivity index (χ1) is 18.1. The predicted molar refractivity (Wildman–Crippen MR) is 146 cm³/mol. The molecule has 1 aromatic heterocycles. The lowest BCUT2D eigenvalue weighted by atomic mass is 10.0. The molecule has 2 amide bonds. The molecule has 0 aliphatic carbocycles. The van der Waals surface area contributed by atoms with Gasteiger partial charge >= 0.3 is 6.09 Å². The summed E-state index contributed by atoms with van der Waals surface area (Å²) < 4.78 is 16.8. The fourth-order valence-electron chi connectivity index (χ4n) is 4.67. The molecule has 1 aromatic rings. The van der Waals surface area contributed by atoms with Crippen LogP contribution in [0.15, 0.2) is 24.4 Å². The van der Waals surface area contributed by atoms with Gasteiger partial charge in [0.05, 0.1) is 24.9 Å². The van der Waals surface area contributed by atoms with E-state index in [1.54, 1.807) is 18.3 Å². The van der Waals surface area contributed by atoms with E-state index in [-0.39, 0.29) is 19.3 Å². The number of ether oxygens (including phenoxy) is 3. The third kappa shape index (κ3) is 14.5. The van der Waals surface area contributed by atoms with Crippen molar-refractivity contribution in [2.45, 2.75) is 136 Å². The molecule has 2 atom stereocenters. The van der Waals surface area contributed by atoms with Crippen LogP contribution in [0, 0.1) is 0 Å². The summed E-state index contributed by atoms with van der Waals surface area (Å²) in [6.45, 7) is 4.17. The Balaban J connectivity index is 1.43. The largest absolute Gasteiger partial charge is 0.444 e. The van der Waals surface area contributed by atoms with Gasteiger partial charge in [-0.3, -0.25) is 9.78 Å². The summed E-state index contributed by atoms with van der Waals surface area (Å²) in [5.41, 5.74) is 0.617. The third-order valence-corrected chi connectivity index (χ3v) is 6.93. The first kappa shape index (κ1) is 31.2. The highest BCUT2D eigenvalue weighted by molar-refractivity contribution is 5.90. The summed E-state index contributed by atoms with van der Waals surface area (Å²) in [7, 11) is 0. The first-order valence-electron chi connectivity index (χ1n) is 14.7. The Kier molecular flexibility index (Phi) is 16.9. The molecule has 0 aromatic carbocycles. The molecule has 7 nitrogen and oxygen atoms in total. The number of carbonyl (C=O) groups excluding carboxylic acids is 2. The number of carbonyl (C=O) groups is 2. The fourth-order valence-corrected chi connectivity index (χ4v) is 4.67. The lowest BCUT2D eigenvalue weighted by Crippen LogP contribution is -2.37. The third-order valence-electron chi connectivity index (χ3n) is 6.93. The van der Waals surface area contributed by atoms with E-state index in [0.717, 1.165) is 17.7 Å². The van der Waals surface area contributed by atoms with Crippen LogP contribution in [-0.4, -0.2) is 47.5 Å². The van der Waals surface area contributed by atoms with Crippen LogP contribution in [0.4, 0.5) is 4.79 Å². The van der Waals surface area contributed by atoms with Gasteiger partial charge in [0.1, 0.15) is 6.61 Å². The zero-order valence-electron chi connectivity index (χ0n) is 23.3. The monoisotopic (exact) mass is 518 g/mol. The molecular formula is C30H50N2O5. The second-order valence-electron chi connectivity index (χ2n) is 10.3. The van der Waals surface area contributed by atoms with Gasteiger partial charge in [-0.2, -0.15) is 0 Å². The first-order valence-corrected chi connectivity index (χ1v) is 14.7. The van der Waals surface area contributed by atoms with E-state index in [1.807, 2.05) is 6.07 Å². The second-order valence-corrected chi connectivity index (χ2v) is 10.3. The number of hydrogen-bond acceptors (Lipinski definition) is 6. The predicted octanol–water partition coefficient (Wildman–Crippen LogP) is 7.57. The Morgan fingerprint density at radius 2 is 1.51 bits per heavy atom. The van der Waals surface area contributed by atoms with Gasteiger partial charge in [0.15, 0.2) is 6.29 Å². The molecular weight excluding hydrogens is 468 g/mol. The minimum atomic E-state index is -0.712. The Morgan fingerprint density at radius 1 is 0.919 bits per heavy atom. The molecule has 1 aliphatic rings. The van der Waals surface area contributed by atoms with E-state index in [1.165, 1.54) is 96.8 Å². The van der Waals surface area contributed by atoms with Crippen molar-refractivity contribution >= 4 is 12.0 Å². The van der Waals surface area contributed by atoms with Crippen molar-refractivity contribution < 1.29 is 23.8 Å². The molecule has 210 valence electrons. The Morgan fingerprint density at radius 3 is 2.05 bits per heavy atom. The topological polar surface area (TPSA) is 78.0 Å². The summed E-state index contributed by atoms with van der Waals surface area (Å²) >= 11 is 0. The van der Waals surface area contributed by atoms with Crippen molar-refractivity contribution in [3.05, 3.63) is 30.1 Å². The number of unbranched alkanes of at least 4 members (excludes halogenated alkanes) is 14. The molecule has 0 radical (unpaired) electrons. The SMILES string of the molecule is CCCCCCCCCCCCCCCCCC1COC(COC(=O)N(Cc2ccccn2)C(C)=O)O1. The van der Waals surface area contributed by atoms with Crippen LogP contribution in [0.2, 0.25) is 0 Å². The summed E-state index contributed by atoms with van der Waals surface area (Å²) in [5, 5.41) is 0. The van der Waals surface area contributed by atoms with Crippen molar-refractivity contribution in [2.24, 2.45) is 0 Å². The molecule has 0 saturated carbocycles. The van der Waals surface area contributed by atoms with Gasteiger partial charge in [0, 0.05) is 13.1 Å². The van der Waals surface area contributed by atoms with Crippen LogP contribution in [0.25, 0.3) is 0 Å². The van der Waals surface area contributed by atoms with Crippen LogP contribution in [0.3, 0.4) is 0 Å². The highest BCUT2D eigenvalue weighted by Gasteiger charge is 2.28. The van der Waals surface area contributed by atoms with Gasteiger partial charge in [0.25, 0.3) is 0 Å².